The second kappa shape index (κ2) is 5.31. The lowest BCUT2D eigenvalue weighted by atomic mass is 10.1. The van der Waals surface area contributed by atoms with Crippen molar-refractivity contribution >= 4 is 27.3 Å². The molecule has 1 rings (SSSR count). The van der Waals surface area contributed by atoms with Gasteiger partial charge in [-0.15, -0.1) is 0 Å². The van der Waals surface area contributed by atoms with Gasteiger partial charge in [-0.05, 0) is 18.1 Å². The van der Waals surface area contributed by atoms with E-state index in [2.05, 4.69) is 12.6 Å². The standard InChI is InChI=1S/C8H17NO4SSi/c10-8-4-7(6-14)5-9(8)2-1-3-15(11,12)13/h7,11-14H,1-6H2. The molecule has 1 heterocycles. The predicted molar refractivity (Wildman–Crippen MR) is 60.4 cm³/mol. The molecule has 1 fully saturated rings. The maximum absolute atomic E-state index is 11.4. The topological polar surface area (TPSA) is 81.0 Å². The van der Waals surface area contributed by atoms with Gasteiger partial charge in [0, 0.05) is 25.6 Å². The van der Waals surface area contributed by atoms with Crippen LogP contribution in [0.1, 0.15) is 12.8 Å². The van der Waals surface area contributed by atoms with Crippen molar-refractivity contribution in [1.82, 2.24) is 4.90 Å². The first-order chi connectivity index (χ1) is 6.92. The molecule has 1 saturated heterocycles. The first kappa shape index (κ1) is 13.0. The molecule has 1 amide bonds. The second-order valence-electron chi connectivity index (χ2n) is 3.97. The van der Waals surface area contributed by atoms with Crippen molar-refractivity contribution in [2.75, 3.05) is 18.8 Å². The molecule has 1 aliphatic rings. The number of carbonyl (C=O) groups is 1. The van der Waals surface area contributed by atoms with E-state index in [1.165, 1.54) is 0 Å². The largest absolute Gasteiger partial charge is 0.492 e. The van der Waals surface area contributed by atoms with E-state index in [4.69, 9.17) is 14.4 Å². The monoisotopic (exact) mass is 251 g/mol. The highest BCUT2D eigenvalue weighted by Gasteiger charge is 2.30. The van der Waals surface area contributed by atoms with E-state index in [1.807, 2.05) is 0 Å². The normalized spacial score (nSPS) is 22.5. The molecule has 0 spiro atoms. The maximum Gasteiger partial charge on any atom is 0.492 e. The van der Waals surface area contributed by atoms with Crippen molar-refractivity contribution < 1.29 is 19.2 Å². The molecule has 15 heavy (non-hydrogen) atoms. The summed E-state index contributed by atoms with van der Waals surface area (Å²) in [5, 5.41) is 0. The van der Waals surface area contributed by atoms with Gasteiger partial charge >= 0.3 is 8.80 Å². The molecule has 1 aliphatic heterocycles. The summed E-state index contributed by atoms with van der Waals surface area (Å²) in [5.74, 6) is 1.09. The Bertz CT molecular complexity index is 233. The van der Waals surface area contributed by atoms with Crippen LogP contribution in [0.4, 0.5) is 0 Å². The van der Waals surface area contributed by atoms with Crippen LogP contribution < -0.4 is 0 Å². The predicted octanol–water partition coefficient (Wildman–Crippen LogP) is -0.929. The molecule has 7 heteroatoms. The zero-order chi connectivity index (χ0) is 11.5. The summed E-state index contributed by atoms with van der Waals surface area (Å²) in [5.41, 5.74) is 0. The van der Waals surface area contributed by atoms with Crippen molar-refractivity contribution in [2.45, 2.75) is 18.9 Å². The fraction of sp³-hybridized carbons (Fsp3) is 0.875. The highest BCUT2D eigenvalue weighted by Crippen LogP contribution is 2.19. The molecular weight excluding hydrogens is 234 g/mol. The average Bonchev–Trinajstić information content (AvgIpc) is 2.45. The Hall–Kier alpha value is -0.0831. The van der Waals surface area contributed by atoms with Crippen molar-refractivity contribution in [2.24, 2.45) is 5.92 Å². The Morgan fingerprint density at radius 1 is 1.47 bits per heavy atom. The van der Waals surface area contributed by atoms with E-state index in [-0.39, 0.29) is 12.0 Å². The zero-order valence-corrected chi connectivity index (χ0v) is 10.4. The van der Waals surface area contributed by atoms with Crippen LogP contribution in [0, 0.1) is 5.92 Å². The lowest BCUT2D eigenvalue weighted by molar-refractivity contribution is -0.127. The van der Waals surface area contributed by atoms with Crippen molar-refractivity contribution in [3.05, 3.63) is 0 Å². The van der Waals surface area contributed by atoms with E-state index in [1.54, 1.807) is 4.90 Å². The number of amides is 1. The third kappa shape index (κ3) is 4.52. The first-order valence-electron chi connectivity index (χ1n) is 4.98. The van der Waals surface area contributed by atoms with E-state index in [0.717, 1.165) is 0 Å². The molecule has 88 valence electrons. The number of rotatable bonds is 5. The molecule has 0 bridgehead atoms. The molecule has 3 N–H and O–H groups in total. The van der Waals surface area contributed by atoms with Gasteiger partial charge in [0.05, 0.1) is 0 Å². The summed E-state index contributed by atoms with van der Waals surface area (Å²) in [7, 11) is -3.93. The van der Waals surface area contributed by atoms with Gasteiger partial charge in [0.15, 0.2) is 0 Å². The number of nitrogens with zero attached hydrogens (tertiary/aromatic N) is 1. The summed E-state index contributed by atoms with van der Waals surface area (Å²) < 4.78 is 0. The Morgan fingerprint density at radius 2 is 2.13 bits per heavy atom. The van der Waals surface area contributed by atoms with Gasteiger partial charge in [0.25, 0.3) is 0 Å². The van der Waals surface area contributed by atoms with Crippen LogP contribution in [0.3, 0.4) is 0 Å². The Labute approximate surface area is 95.5 Å². The minimum atomic E-state index is -3.93. The molecular formula is C8H17NO4SSi. The fourth-order valence-corrected chi connectivity index (χ4v) is 2.58. The number of hydrogen-bond donors (Lipinski definition) is 4. The van der Waals surface area contributed by atoms with Crippen LogP contribution >= 0.6 is 12.6 Å². The number of thiol groups is 1. The third-order valence-corrected chi connectivity index (χ3v) is 4.03. The Kier molecular flexibility index (Phi) is 4.59. The van der Waals surface area contributed by atoms with E-state index in [0.29, 0.717) is 37.6 Å². The van der Waals surface area contributed by atoms with Gasteiger partial charge in [-0.2, -0.15) is 12.6 Å². The van der Waals surface area contributed by atoms with Crippen molar-refractivity contribution in [1.29, 1.82) is 0 Å². The van der Waals surface area contributed by atoms with Gasteiger partial charge in [0.1, 0.15) is 0 Å². The van der Waals surface area contributed by atoms with Gasteiger partial charge in [0.2, 0.25) is 5.91 Å². The molecule has 5 nitrogen and oxygen atoms in total. The van der Waals surface area contributed by atoms with Crippen LogP contribution in [0.25, 0.3) is 0 Å². The zero-order valence-electron chi connectivity index (χ0n) is 8.46. The van der Waals surface area contributed by atoms with Crippen LogP contribution in [0.5, 0.6) is 0 Å². The lowest BCUT2D eigenvalue weighted by Crippen LogP contribution is -2.36. The third-order valence-electron chi connectivity index (χ3n) is 2.49. The molecule has 0 saturated carbocycles. The molecule has 0 aromatic rings. The molecule has 1 unspecified atom stereocenters. The number of carbonyl (C=O) groups excluding carboxylic acids is 1. The summed E-state index contributed by atoms with van der Waals surface area (Å²) in [6.45, 7) is 1.18. The minimum Gasteiger partial charge on any atom is -0.390 e. The number of hydrogen-bond acceptors (Lipinski definition) is 5. The van der Waals surface area contributed by atoms with Crippen molar-refractivity contribution in [3.8, 4) is 0 Å². The number of likely N-dealkylation sites (tertiary alicyclic amines) is 1. The Balaban J connectivity index is 2.25. The molecule has 0 radical (unpaired) electrons. The van der Waals surface area contributed by atoms with Crippen LogP contribution in [0.15, 0.2) is 0 Å². The SMILES string of the molecule is O=C1CC(CS)CN1CCC[Si](O)(O)O. The van der Waals surface area contributed by atoms with Crippen LogP contribution in [-0.4, -0.2) is 52.8 Å². The van der Waals surface area contributed by atoms with Gasteiger partial charge in [-0.3, -0.25) is 4.79 Å². The average molecular weight is 251 g/mol. The van der Waals surface area contributed by atoms with Gasteiger partial charge in [-0.1, -0.05) is 0 Å². The second-order valence-corrected chi connectivity index (χ2v) is 6.38. The van der Waals surface area contributed by atoms with Crippen LogP contribution in [-0.2, 0) is 4.79 Å². The quantitative estimate of drug-likeness (QED) is 0.376. The molecule has 0 aromatic carbocycles. The van der Waals surface area contributed by atoms with E-state index < -0.39 is 8.80 Å². The summed E-state index contributed by atoms with van der Waals surface area (Å²) in [6, 6.07) is -0.0116. The van der Waals surface area contributed by atoms with Crippen LogP contribution in [0.2, 0.25) is 6.04 Å². The van der Waals surface area contributed by atoms with Crippen molar-refractivity contribution in [3.63, 3.8) is 0 Å². The Morgan fingerprint density at radius 3 is 2.60 bits per heavy atom. The summed E-state index contributed by atoms with van der Waals surface area (Å²) in [4.78, 5) is 39.5. The maximum atomic E-state index is 11.4. The molecule has 0 aliphatic carbocycles. The summed E-state index contributed by atoms with van der Waals surface area (Å²) >= 11 is 4.14. The highest BCUT2D eigenvalue weighted by molar-refractivity contribution is 7.80. The van der Waals surface area contributed by atoms with Gasteiger partial charge in [-0.25, -0.2) is 0 Å². The highest BCUT2D eigenvalue weighted by atomic mass is 32.1. The molecule has 1 atom stereocenters. The first-order valence-corrected chi connectivity index (χ1v) is 7.66. The summed E-state index contributed by atoms with van der Waals surface area (Å²) in [6.07, 6.45) is 0.963. The van der Waals surface area contributed by atoms with E-state index in [9.17, 15) is 4.79 Å². The fourth-order valence-electron chi connectivity index (χ4n) is 1.70. The van der Waals surface area contributed by atoms with E-state index >= 15 is 0 Å². The molecule has 0 aromatic heterocycles. The van der Waals surface area contributed by atoms with Gasteiger partial charge < -0.3 is 19.3 Å². The lowest BCUT2D eigenvalue weighted by Gasteiger charge is -2.17. The smallest absolute Gasteiger partial charge is 0.390 e. The minimum absolute atomic E-state index is 0.0116.